The number of amides is 1. The summed E-state index contributed by atoms with van der Waals surface area (Å²) in [5, 5.41) is 13.2. The molecule has 1 amide bonds. The third kappa shape index (κ3) is 4.52. The minimum atomic E-state index is -3.80. The van der Waals surface area contributed by atoms with Gasteiger partial charge in [-0.3, -0.25) is 19.7 Å². The second-order valence-electron chi connectivity index (χ2n) is 4.20. The van der Waals surface area contributed by atoms with Gasteiger partial charge in [0.15, 0.2) is 9.84 Å². The molecular weight excluding hydrogens is 316 g/mol. The smallest absolute Gasteiger partial charge is 0.325 e. The lowest BCUT2D eigenvalue weighted by molar-refractivity contribution is -0.387. The molecule has 0 atom stereocenters. The van der Waals surface area contributed by atoms with Crippen LogP contribution in [0.25, 0.3) is 0 Å². The van der Waals surface area contributed by atoms with Crippen LogP contribution in [0, 0.1) is 10.1 Å². The third-order valence-electron chi connectivity index (χ3n) is 2.52. The largest absolute Gasteiger partial charge is 0.465 e. The molecular formula is C12H14N2O7S. The summed E-state index contributed by atoms with van der Waals surface area (Å²) in [4.78, 5) is 32.5. The lowest BCUT2D eigenvalue weighted by atomic mass is 10.2. The van der Waals surface area contributed by atoms with Crippen molar-refractivity contribution in [2.45, 2.75) is 11.8 Å². The molecule has 1 aromatic rings. The average molecular weight is 330 g/mol. The Balaban J connectivity index is 3.03. The fourth-order valence-corrected chi connectivity index (χ4v) is 2.41. The summed E-state index contributed by atoms with van der Waals surface area (Å²) in [5.41, 5.74) is -0.838. The molecule has 0 fully saturated rings. The second kappa shape index (κ2) is 6.98. The van der Waals surface area contributed by atoms with Crippen molar-refractivity contribution in [3.8, 4) is 0 Å². The summed E-state index contributed by atoms with van der Waals surface area (Å²) in [6.45, 7) is 1.37. The minimum absolute atomic E-state index is 0.136. The quantitative estimate of drug-likeness (QED) is 0.450. The fourth-order valence-electron chi connectivity index (χ4n) is 1.58. The first-order valence-electron chi connectivity index (χ1n) is 6.09. The fraction of sp³-hybridized carbons (Fsp3) is 0.333. The van der Waals surface area contributed by atoms with Gasteiger partial charge in [0.2, 0.25) is 0 Å². The van der Waals surface area contributed by atoms with Crippen LogP contribution in [0.2, 0.25) is 0 Å². The van der Waals surface area contributed by atoms with E-state index in [1.807, 2.05) is 0 Å². The molecule has 0 unspecified atom stereocenters. The maximum absolute atomic E-state index is 11.8. The van der Waals surface area contributed by atoms with Crippen LogP contribution in [0.5, 0.6) is 0 Å². The molecule has 1 N–H and O–H groups in total. The Labute approximate surface area is 126 Å². The van der Waals surface area contributed by atoms with Crippen LogP contribution in [0.1, 0.15) is 17.3 Å². The number of rotatable bonds is 6. The highest BCUT2D eigenvalue weighted by atomic mass is 32.2. The molecule has 1 aromatic carbocycles. The lowest BCUT2D eigenvalue weighted by Gasteiger charge is -2.06. The van der Waals surface area contributed by atoms with Crippen molar-refractivity contribution in [1.29, 1.82) is 0 Å². The number of nitrogens with one attached hydrogen (secondary N) is 1. The Bertz CT molecular complexity index is 712. The van der Waals surface area contributed by atoms with Gasteiger partial charge in [0.25, 0.3) is 11.6 Å². The molecule has 22 heavy (non-hydrogen) atoms. The van der Waals surface area contributed by atoms with Gasteiger partial charge in [0, 0.05) is 17.9 Å². The van der Waals surface area contributed by atoms with Gasteiger partial charge >= 0.3 is 5.97 Å². The molecule has 0 aliphatic rings. The predicted molar refractivity (Wildman–Crippen MR) is 75.2 cm³/mol. The van der Waals surface area contributed by atoms with E-state index in [1.54, 1.807) is 6.92 Å². The zero-order chi connectivity index (χ0) is 16.9. The van der Waals surface area contributed by atoms with Crippen molar-refractivity contribution in [1.82, 2.24) is 5.32 Å². The number of nitro groups is 1. The molecule has 0 radical (unpaired) electrons. The monoisotopic (exact) mass is 330 g/mol. The number of nitrogens with zero attached hydrogens (tertiary/aromatic N) is 1. The van der Waals surface area contributed by atoms with Crippen molar-refractivity contribution < 1.29 is 27.7 Å². The van der Waals surface area contributed by atoms with Gasteiger partial charge in [-0.05, 0) is 19.1 Å². The van der Waals surface area contributed by atoms with Gasteiger partial charge in [-0.1, -0.05) is 0 Å². The topological polar surface area (TPSA) is 133 Å². The minimum Gasteiger partial charge on any atom is -0.465 e. The first-order valence-corrected chi connectivity index (χ1v) is 7.98. The highest BCUT2D eigenvalue weighted by Crippen LogP contribution is 2.24. The molecule has 9 nitrogen and oxygen atoms in total. The number of esters is 1. The van der Waals surface area contributed by atoms with Gasteiger partial charge in [-0.15, -0.1) is 0 Å². The maximum atomic E-state index is 11.8. The summed E-state index contributed by atoms with van der Waals surface area (Å²) in [6, 6.07) is 2.95. The molecule has 0 aliphatic heterocycles. The van der Waals surface area contributed by atoms with Gasteiger partial charge in [0.1, 0.15) is 11.4 Å². The molecule has 1 rings (SSSR count). The summed E-state index contributed by atoms with van der Waals surface area (Å²) in [7, 11) is -3.80. The van der Waals surface area contributed by atoms with E-state index >= 15 is 0 Å². The Kier molecular flexibility index (Phi) is 5.57. The molecule has 0 bridgehead atoms. The molecule has 0 saturated carbocycles. The van der Waals surface area contributed by atoms with Gasteiger partial charge in [0.05, 0.1) is 11.5 Å². The number of ether oxygens (including phenoxy) is 1. The summed E-state index contributed by atoms with van der Waals surface area (Å²) < 4.78 is 27.5. The van der Waals surface area contributed by atoms with E-state index in [2.05, 4.69) is 10.1 Å². The van der Waals surface area contributed by atoms with Crippen molar-refractivity contribution in [3.63, 3.8) is 0 Å². The van der Waals surface area contributed by atoms with Crippen molar-refractivity contribution in [2.24, 2.45) is 0 Å². The average Bonchev–Trinajstić information content (AvgIpc) is 2.43. The number of nitro benzene ring substituents is 1. The first-order chi connectivity index (χ1) is 10.2. The molecule has 120 valence electrons. The lowest BCUT2D eigenvalue weighted by Crippen LogP contribution is -2.30. The molecule has 0 saturated heterocycles. The van der Waals surface area contributed by atoms with E-state index in [0.717, 1.165) is 24.5 Å². The number of hydrogen-bond acceptors (Lipinski definition) is 7. The second-order valence-corrected chi connectivity index (χ2v) is 6.18. The highest BCUT2D eigenvalue weighted by molar-refractivity contribution is 7.90. The maximum Gasteiger partial charge on any atom is 0.325 e. The number of carbonyl (C=O) groups is 2. The van der Waals surface area contributed by atoms with Crippen LogP contribution in [0.3, 0.4) is 0 Å². The van der Waals surface area contributed by atoms with Crippen molar-refractivity contribution in [2.75, 3.05) is 19.4 Å². The summed E-state index contributed by atoms with van der Waals surface area (Å²) in [6.07, 6.45) is 0.829. The number of sulfone groups is 1. The third-order valence-corrected chi connectivity index (χ3v) is 3.66. The predicted octanol–water partition coefficient (Wildman–Crippen LogP) is 0.291. The van der Waals surface area contributed by atoms with E-state index in [4.69, 9.17) is 0 Å². The first kappa shape index (κ1) is 17.6. The van der Waals surface area contributed by atoms with Gasteiger partial charge in [-0.25, -0.2) is 8.42 Å². The van der Waals surface area contributed by atoms with Gasteiger partial charge < -0.3 is 10.1 Å². The Hall–Kier alpha value is -2.49. The van der Waals surface area contributed by atoms with Crippen LogP contribution in [-0.2, 0) is 19.4 Å². The zero-order valence-electron chi connectivity index (χ0n) is 11.9. The molecule has 0 aliphatic carbocycles. The van der Waals surface area contributed by atoms with Crippen LogP contribution >= 0.6 is 0 Å². The van der Waals surface area contributed by atoms with Crippen LogP contribution in [0.4, 0.5) is 5.69 Å². The highest BCUT2D eigenvalue weighted by Gasteiger charge is 2.24. The molecule has 10 heteroatoms. The number of hydrogen-bond donors (Lipinski definition) is 1. The van der Waals surface area contributed by atoms with E-state index in [-0.39, 0.29) is 12.2 Å². The van der Waals surface area contributed by atoms with E-state index < -0.39 is 43.8 Å². The van der Waals surface area contributed by atoms with E-state index in [1.165, 1.54) is 0 Å². The SMILES string of the molecule is CCOC(=O)CNC(=O)c1ccc(S(C)(=O)=O)c([N+](=O)[O-])c1. The standard InChI is InChI=1S/C12H14N2O7S/c1-3-21-11(15)7-13-12(16)8-4-5-10(22(2,19)20)9(6-8)14(17)18/h4-6H,3,7H2,1-2H3,(H,13,16). The van der Waals surface area contributed by atoms with Crippen molar-refractivity contribution >= 4 is 27.4 Å². The number of benzene rings is 1. The summed E-state index contributed by atoms with van der Waals surface area (Å²) >= 11 is 0. The Morgan fingerprint density at radius 3 is 2.50 bits per heavy atom. The normalized spacial score (nSPS) is 10.8. The Morgan fingerprint density at radius 1 is 1.36 bits per heavy atom. The van der Waals surface area contributed by atoms with Gasteiger partial charge in [-0.2, -0.15) is 0 Å². The molecule has 0 spiro atoms. The zero-order valence-corrected chi connectivity index (χ0v) is 12.7. The molecule has 0 heterocycles. The molecule has 0 aromatic heterocycles. The van der Waals surface area contributed by atoms with E-state index in [0.29, 0.717) is 0 Å². The van der Waals surface area contributed by atoms with Crippen LogP contribution in [-0.4, -0.2) is 44.6 Å². The Morgan fingerprint density at radius 2 is 2.00 bits per heavy atom. The van der Waals surface area contributed by atoms with Crippen LogP contribution in [0.15, 0.2) is 23.1 Å². The van der Waals surface area contributed by atoms with Crippen LogP contribution < -0.4 is 5.32 Å². The van der Waals surface area contributed by atoms with E-state index in [9.17, 15) is 28.1 Å². The van der Waals surface area contributed by atoms with Crippen molar-refractivity contribution in [3.05, 3.63) is 33.9 Å². The number of carbonyl (C=O) groups excluding carboxylic acids is 2. The summed E-state index contributed by atoms with van der Waals surface area (Å²) in [5.74, 6) is -1.41.